The minimum Gasteiger partial charge on any atom is -0.371 e. The third-order valence-corrected chi connectivity index (χ3v) is 3.40. The Labute approximate surface area is 135 Å². The average Bonchev–Trinajstić information content (AvgIpc) is 2.51. The highest BCUT2D eigenvalue weighted by Gasteiger charge is 2.35. The van der Waals surface area contributed by atoms with Gasteiger partial charge in [0, 0.05) is 12.6 Å². The Morgan fingerprint density at radius 1 is 1.21 bits per heavy atom. The summed E-state index contributed by atoms with van der Waals surface area (Å²) in [6.07, 6.45) is -4.85. The maximum absolute atomic E-state index is 12.3. The van der Waals surface area contributed by atoms with Gasteiger partial charge >= 0.3 is 11.9 Å². The summed E-state index contributed by atoms with van der Waals surface area (Å²) >= 11 is 0. The zero-order chi connectivity index (χ0) is 17.7. The number of hydrogen-bond donors (Lipinski definition) is 3. The topological polar surface area (TPSA) is 92.9 Å². The van der Waals surface area contributed by atoms with E-state index in [4.69, 9.17) is 5.73 Å². The molecule has 1 atom stereocenters. The first kappa shape index (κ1) is 17.8. The lowest BCUT2D eigenvalue weighted by Crippen LogP contribution is -2.39. The van der Waals surface area contributed by atoms with E-state index in [0.717, 1.165) is 16.2 Å². The van der Waals surface area contributed by atoms with Crippen LogP contribution in [-0.2, 0) is 6.54 Å². The van der Waals surface area contributed by atoms with Crippen molar-refractivity contribution in [2.75, 3.05) is 11.9 Å². The molecule has 0 amide bonds. The number of nitrogens with one attached hydrogen (secondary N) is 2. The molecule has 9 heteroatoms. The van der Waals surface area contributed by atoms with E-state index < -0.39 is 23.5 Å². The van der Waals surface area contributed by atoms with Gasteiger partial charge in [-0.3, -0.25) is 14.3 Å². The van der Waals surface area contributed by atoms with Crippen LogP contribution in [0.15, 0.2) is 46.0 Å². The summed E-state index contributed by atoms with van der Waals surface area (Å²) in [4.78, 5) is 26.4. The zero-order valence-corrected chi connectivity index (χ0v) is 12.6. The number of aromatic nitrogens is 2. The van der Waals surface area contributed by atoms with E-state index in [2.05, 4.69) is 10.3 Å². The second-order valence-electron chi connectivity index (χ2n) is 5.26. The monoisotopic (exact) mass is 342 g/mol. The molecule has 0 aliphatic carbocycles. The summed E-state index contributed by atoms with van der Waals surface area (Å²) in [5.41, 5.74) is 4.57. The molecule has 0 saturated heterocycles. The highest BCUT2D eigenvalue weighted by atomic mass is 19.4. The maximum atomic E-state index is 12.3. The Balaban J connectivity index is 2.05. The molecule has 0 bridgehead atoms. The van der Waals surface area contributed by atoms with Crippen molar-refractivity contribution in [3.8, 4) is 0 Å². The standard InChI is InChI=1S/C15H17F3N4O2/c16-15(17,18)11(19)6-7-20-12-8-13(23)22(14(24)21-12)9-10-4-2-1-3-5-10/h1-5,8,11,20H,6-7,9,19H2,(H,21,24). The lowest BCUT2D eigenvalue weighted by molar-refractivity contribution is -0.148. The first-order valence-electron chi connectivity index (χ1n) is 7.21. The fourth-order valence-electron chi connectivity index (χ4n) is 2.06. The van der Waals surface area contributed by atoms with Crippen LogP contribution in [0.3, 0.4) is 0 Å². The van der Waals surface area contributed by atoms with Crippen molar-refractivity contribution in [3.63, 3.8) is 0 Å². The molecule has 1 unspecified atom stereocenters. The van der Waals surface area contributed by atoms with Crippen molar-refractivity contribution < 1.29 is 13.2 Å². The predicted molar refractivity (Wildman–Crippen MR) is 84.0 cm³/mol. The van der Waals surface area contributed by atoms with Gasteiger partial charge in [0.2, 0.25) is 0 Å². The third-order valence-electron chi connectivity index (χ3n) is 3.40. The Bertz CT molecular complexity index is 753. The maximum Gasteiger partial charge on any atom is 0.403 e. The molecule has 6 nitrogen and oxygen atoms in total. The van der Waals surface area contributed by atoms with Gasteiger partial charge in [-0.05, 0) is 12.0 Å². The number of aromatic amines is 1. The molecule has 4 N–H and O–H groups in total. The number of alkyl halides is 3. The van der Waals surface area contributed by atoms with Crippen molar-refractivity contribution in [1.29, 1.82) is 0 Å². The Morgan fingerprint density at radius 2 is 1.88 bits per heavy atom. The van der Waals surface area contributed by atoms with Crippen molar-refractivity contribution in [3.05, 3.63) is 62.8 Å². The van der Waals surface area contributed by atoms with Gasteiger partial charge in [0.1, 0.15) is 11.9 Å². The number of rotatable bonds is 6. The summed E-state index contributed by atoms with van der Waals surface area (Å²) < 4.78 is 37.9. The second-order valence-corrected chi connectivity index (χ2v) is 5.26. The Kier molecular flexibility index (Phi) is 5.45. The van der Waals surface area contributed by atoms with Crippen molar-refractivity contribution in [1.82, 2.24) is 9.55 Å². The number of H-pyrrole nitrogens is 1. The van der Waals surface area contributed by atoms with E-state index in [0.29, 0.717) is 0 Å². The van der Waals surface area contributed by atoms with Crippen LogP contribution in [0, 0.1) is 0 Å². The van der Waals surface area contributed by atoms with Crippen LogP contribution in [0.5, 0.6) is 0 Å². The molecule has 2 rings (SSSR count). The second kappa shape index (κ2) is 7.35. The minimum atomic E-state index is -4.48. The van der Waals surface area contributed by atoms with Crippen LogP contribution < -0.4 is 22.3 Å². The Hall–Kier alpha value is -2.55. The van der Waals surface area contributed by atoms with Gasteiger partial charge in [-0.1, -0.05) is 30.3 Å². The van der Waals surface area contributed by atoms with Gasteiger partial charge in [-0.25, -0.2) is 4.79 Å². The zero-order valence-electron chi connectivity index (χ0n) is 12.6. The van der Waals surface area contributed by atoms with Gasteiger partial charge in [0.25, 0.3) is 5.56 Å². The molecule has 0 aliphatic rings. The van der Waals surface area contributed by atoms with Crippen LogP contribution >= 0.6 is 0 Å². The molecular formula is C15H17F3N4O2. The molecule has 130 valence electrons. The predicted octanol–water partition coefficient (Wildman–Crippen LogP) is 1.28. The summed E-state index contributed by atoms with van der Waals surface area (Å²) in [6, 6.07) is 8.10. The van der Waals surface area contributed by atoms with Gasteiger partial charge in [-0.2, -0.15) is 13.2 Å². The van der Waals surface area contributed by atoms with Crippen LogP contribution in [-0.4, -0.2) is 28.3 Å². The van der Waals surface area contributed by atoms with E-state index >= 15 is 0 Å². The van der Waals surface area contributed by atoms with Gasteiger partial charge in [0.15, 0.2) is 0 Å². The van der Waals surface area contributed by atoms with E-state index in [9.17, 15) is 22.8 Å². The fraction of sp³-hybridized carbons (Fsp3) is 0.333. The molecule has 1 heterocycles. The average molecular weight is 342 g/mol. The smallest absolute Gasteiger partial charge is 0.371 e. The first-order chi connectivity index (χ1) is 11.3. The highest BCUT2D eigenvalue weighted by Crippen LogP contribution is 2.20. The van der Waals surface area contributed by atoms with E-state index in [-0.39, 0.29) is 25.3 Å². The molecule has 1 aromatic carbocycles. The third kappa shape index (κ3) is 4.72. The summed E-state index contributed by atoms with van der Waals surface area (Å²) in [5.74, 6) is 0.0590. The first-order valence-corrected chi connectivity index (χ1v) is 7.21. The summed E-state index contributed by atoms with van der Waals surface area (Å²) in [5, 5.41) is 2.57. The van der Waals surface area contributed by atoms with E-state index in [1.165, 1.54) is 0 Å². The van der Waals surface area contributed by atoms with Crippen LogP contribution in [0.1, 0.15) is 12.0 Å². The number of anilines is 1. The summed E-state index contributed by atoms with van der Waals surface area (Å²) in [7, 11) is 0. The molecule has 2 aromatic rings. The van der Waals surface area contributed by atoms with Crippen LogP contribution in [0.2, 0.25) is 0 Å². The van der Waals surface area contributed by atoms with Crippen molar-refractivity contribution >= 4 is 5.82 Å². The van der Waals surface area contributed by atoms with E-state index in [1.54, 1.807) is 24.3 Å². The quantitative estimate of drug-likeness (QED) is 0.737. The summed E-state index contributed by atoms with van der Waals surface area (Å²) in [6.45, 7) is -0.0208. The largest absolute Gasteiger partial charge is 0.403 e. The normalized spacial score (nSPS) is 12.8. The molecule has 0 aliphatic heterocycles. The number of nitrogens with zero attached hydrogens (tertiary/aromatic N) is 1. The lowest BCUT2D eigenvalue weighted by Gasteiger charge is -2.16. The number of hydrogen-bond acceptors (Lipinski definition) is 4. The van der Waals surface area contributed by atoms with Crippen molar-refractivity contribution in [2.24, 2.45) is 5.73 Å². The molecule has 0 spiro atoms. The number of halogens is 3. The molecule has 24 heavy (non-hydrogen) atoms. The molecule has 1 aromatic heterocycles. The fourth-order valence-corrected chi connectivity index (χ4v) is 2.06. The number of nitrogens with two attached hydrogens (primary N) is 1. The molecule has 0 radical (unpaired) electrons. The Morgan fingerprint density at radius 3 is 2.46 bits per heavy atom. The lowest BCUT2D eigenvalue weighted by atomic mass is 10.2. The van der Waals surface area contributed by atoms with Crippen molar-refractivity contribution in [2.45, 2.75) is 25.2 Å². The SMILES string of the molecule is NC(CCNc1cc(=O)n(Cc2ccccc2)c(=O)[nH]1)C(F)(F)F. The van der Waals surface area contributed by atoms with Crippen LogP contribution in [0.25, 0.3) is 0 Å². The molecule has 0 fully saturated rings. The molecular weight excluding hydrogens is 325 g/mol. The molecule has 0 saturated carbocycles. The van der Waals surface area contributed by atoms with Gasteiger partial charge < -0.3 is 11.1 Å². The highest BCUT2D eigenvalue weighted by molar-refractivity contribution is 5.32. The minimum absolute atomic E-state index is 0.0590. The number of benzene rings is 1. The van der Waals surface area contributed by atoms with Gasteiger partial charge in [0.05, 0.1) is 6.54 Å². The van der Waals surface area contributed by atoms with Gasteiger partial charge in [-0.15, -0.1) is 0 Å². The van der Waals surface area contributed by atoms with E-state index in [1.807, 2.05) is 6.07 Å². The van der Waals surface area contributed by atoms with Crippen LogP contribution in [0.4, 0.5) is 19.0 Å².